The lowest BCUT2D eigenvalue weighted by Gasteiger charge is -2.08. The molecular formula is C16H18N4. The van der Waals surface area contributed by atoms with Gasteiger partial charge in [-0.25, -0.2) is 9.97 Å². The monoisotopic (exact) mass is 266 g/mol. The summed E-state index contributed by atoms with van der Waals surface area (Å²) in [6.45, 7) is 5.96. The van der Waals surface area contributed by atoms with Crippen LogP contribution in [0.5, 0.6) is 0 Å². The van der Waals surface area contributed by atoms with E-state index in [2.05, 4.69) is 40.4 Å². The Kier molecular flexibility index (Phi) is 3.48. The highest BCUT2D eigenvalue weighted by Crippen LogP contribution is 2.18. The first-order chi connectivity index (χ1) is 9.78. The third-order valence-corrected chi connectivity index (χ3v) is 3.28. The van der Waals surface area contributed by atoms with Crippen LogP contribution in [0.1, 0.15) is 18.2 Å². The average Bonchev–Trinajstić information content (AvgIpc) is 2.88. The normalized spacial score (nSPS) is 11.1. The molecule has 102 valence electrons. The second kappa shape index (κ2) is 5.43. The van der Waals surface area contributed by atoms with Crippen molar-refractivity contribution in [2.45, 2.75) is 20.4 Å². The van der Waals surface area contributed by atoms with Crippen molar-refractivity contribution in [1.82, 2.24) is 19.9 Å². The Morgan fingerprint density at radius 2 is 2.05 bits per heavy atom. The predicted octanol–water partition coefficient (Wildman–Crippen LogP) is 2.84. The lowest BCUT2D eigenvalue weighted by Crippen LogP contribution is -2.12. The van der Waals surface area contributed by atoms with Crippen LogP contribution in [0.15, 0.2) is 42.7 Å². The van der Waals surface area contributed by atoms with Crippen molar-refractivity contribution in [3.63, 3.8) is 0 Å². The number of hydrogen-bond acceptors (Lipinski definition) is 3. The fraction of sp³-hybridized carbons (Fsp3) is 0.250. The Morgan fingerprint density at radius 3 is 2.90 bits per heavy atom. The molecule has 3 aromatic rings. The van der Waals surface area contributed by atoms with Gasteiger partial charge in [0.2, 0.25) is 0 Å². The van der Waals surface area contributed by atoms with E-state index in [0.29, 0.717) is 0 Å². The molecule has 0 aliphatic carbocycles. The van der Waals surface area contributed by atoms with E-state index < -0.39 is 0 Å². The first kappa shape index (κ1) is 12.8. The summed E-state index contributed by atoms with van der Waals surface area (Å²) < 4.78 is 2.04. The Morgan fingerprint density at radius 1 is 1.20 bits per heavy atom. The molecule has 0 fully saturated rings. The van der Waals surface area contributed by atoms with Gasteiger partial charge < -0.3 is 5.32 Å². The molecule has 0 saturated heterocycles. The molecular weight excluding hydrogens is 248 g/mol. The van der Waals surface area contributed by atoms with E-state index in [1.165, 1.54) is 5.56 Å². The highest BCUT2D eigenvalue weighted by Gasteiger charge is 2.06. The van der Waals surface area contributed by atoms with Crippen LogP contribution in [0.25, 0.3) is 16.9 Å². The molecule has 0 aliphatic heterocycles. The molecule has 0 spiro atoms. The van der Waals surface area contributed by atoms with Crippen molar-refractivity contribution < 1.29 is 0 Å². The lowest BCUT2D eigenvalue weighted by atomic mass is 10.2. The summed E-state index contributed by atoms with van der Waals surface area (Å²) in [6, 6.07) is 12.3. The van der Waals surface area contributed by atoms with Gasteiger partial charge in [0.05, 0.1) is 11.0 Å². The molecule has 3 rings (SSSR count). The first-order valence-electron chi connectivity index (χ1n) is 6.88. The van der Waals surface area contributed by atoms with Gasteiger partial charge in [-0.1, -0.05) is 19.1 Å². The topological polar surface area (TPSA) is 42.7 Å². The van der Waals surface area contributed by atoms with Crippen LogP contribution in [-0.2, 0) is 6.54 Å². The van der Waals surface area contributed by atoms with Crippen LogP contribution >= 0.6 is 0 Å². The minimum absolute atomic E-state index is 0.861. The number of imidazole rings is 1. The van der Waals surface area contributed by atoms with E-state index in [9.17, 15) is 0 Å². The number of para-hydroxylation sites is 2. The van der Waals surface area contributed by atoms with Gasteiger partial charge in [-0.15, -0.1) is 0 Å². The minimum Gasteiger partial charge on any atom is -0.313 e. The largest absolute Gasteiger partial charge is 0.313 e. The van der Waals surface area contributed by atoms with E-state index >= 15 is 0 Å². The Hall–Kier alpha value is -2.20. The van der Waals surface area contributed by atoms with Gasteiger partial charge in [0, 0.05) is 12.2 Å². The van der Waals surface area contributed by atoms with Crippen LogP contribution in [0.3, 0.4) is 0 Å². The van der Waals surface area contributed by atoms with Gasteiger partial charge in [-0.3, -0.25) is 4.57 Å². The van der Waals surface area contributed by atoms with Crippen molar-refractivity contribution in [3.05, 3.63) is 54.0 Å². The SMILES string of the molecule is CCNCc1cc(C)nc(-n2cnc3ccccc32)c1. The fourth-order valence-corrected chi connectivity index (χ4v) is 2.36. The molecule has 4 nitrogen and oxygen atoms in total. The van der Waals surface area contributed by atoms with Crippen molar-refractivity contribution in [3.8, 4) is 5.82 Å². The highest BCUT2D eigenvalue weighted by atomic mass is 15.1. The maximum absolute atomic E-state index is 4.63. The smallest absolute Gasteiger partial charge is 0.138 e. The molecule has 0 radical (unpaired) electrons. The number of rotatable bonds is 4. The van der Waals surface area contributed by atoms with Gasteiger partial charge in [-0.2, -0.15) is 0 Å². The summed E-state index contributed by atoms with van der Waals surface area (Å²) >= 11 is 0. The molecule has 4 heteroatoms. The Bertz CT molecular complexity index is 730. The van der Waals surface area contributed by atoms with Gasteiger partial charge in [0.15, 0.2) is 0 Å². The van der Waals surface area contributed by atoms with Crippen LogP contribution < -0.4 is 5.32 Å². The second-order valence-electron chi connectivity index (χ2n) is 4.86. The number of benzene rings is 1. The number of fused-ring (bicyclic) bond motifs is 1. The lowest BCUT2D eigenvalue weighted by molar-refractivity contribution is 0.724. The minimum atomic E-state index is 0.861. The van der Waals surface area contributed by atoms with E-state index in [1.54, 1.807) is 0 Å². The summed E-state index contributed by atoms with van der Waals surface area (Å²) in [5.74, 6) is 0.923. The highest BCUT2D eigenvalue weighted by molar-refractivity contribution is 5.76. The molecule has 0 bridgehead atoms. The standard InChI is InChI=1S/C16H18N4/c1-3-17-10-13-8-12(2)19-16(9-13)20-11-18-14-6-4-5-7-15(14)20/h4-9,11,17H,3,10H2,1-2H3. The quantitative estimate of drug-likeness (QED) is 0.789. The molecule has 0 atom stereocenters. The Labute approximate surface area is 118 Å². The van der Waals surface area contributed by atoms with E-state index in [1.807, 2.05) is 36.0 Å². The van der Waals surface area contributed by atoms with Crippen LogP contribution in [0.2, 0.25) is 0 Å². The third kappa shape index (κ3) is 2.42. The number of nitrogens with zero attached hydrogens (tertiary/aromatic N) is 3. The van der Waals surface area contributed by atoms with Crippen molar-refractivity contribution in [2.75, 3.05) is 6.54 Å². The van der Waals surface area contributed by atoms with E-state index in [0.717, 1.165) is 35.6 Å². The zero-order chi connectivity index (χ0) is 13.9. The summed E-state index contributed by atoms with van der Waals surface area (Å²) in [7, 11) is 0. The molecule has 1 N–H and O–H groups in total. The zero-order valence-electron chi connectivity index (χ0n) is 11.8. The molecule has 2 heterocycles. The maximum Gasteiger partial charge on any atom is 0.138 e. The molecule has 2 aromatic heterocycles. The summed E-state index contributed by atoms with van der Waals surface area (Å²) in [4.78, 5) is 9.05. The number of aryl methyl sites for hydroxylation is 1. The van der Waals surface area contributed by atoms with Crippen LogP contribution in [0, 0.1) is 6.92 Å². The molecule has 0 unspecified atom stereocenters. The molecule has 1 aromatic carbocycles. The maximum atomic E-state index is 4.63. The van der Waals surface area contributed by atoms with Crippen molar-refractivity contribution >= 4 is 11.0 Å². The fourth-order valence-electron chi connectivity index (χ4n) is 2.36. The van der Waals surface area contributed by atoms with Gasteiger partial charge in [0.25, 0.3) is 0 Å². The van der Waals surface area contributed by atoms with Crippen molar-refractivity contribution in [1.29, 1.82) is 0 Å². The van der Waals surface area contributed by atoms with Crippen LogP contribution in [0.4, 0.5) is 0 Å². The summed E-state index contributed by atoms with van der Waals surface area (Å²) in [5, 5.41) is 3.35. The van der Waals surface area contributed by atoms with Gasteiger partial charge in [0.1, 0.15) is 12.1 Å². The number of aromatic nitrogens is 3. The van der Waals surface area contributed by atoms with E-state index in [-0.39, 0.29) is 0 Å². The molecule has 0 amide bonds. The van der Waals surface area contributed by atoms with Crippen molar-refractivity contribution in [2.24, 2.45) is 0 Å². The Balaban J connectivity index is 2.07. The zero-order valence-corrected chi connectivity index (χ0v) is 11.8. The first-order valence-corrected chi connectivity index (χ1v) is 6.88. The summed E-state index contributed by atoms with van der Waals surface area (Å²) in [6.07, 6.45) is 1.84. The second-order valence-corrected chi connectivity index (χ2v) is 4.86. The van der Waals surface area contributed by atoms with Gasteiger partial charge in [-0.05, 0) is 43.3 Å². The number of hydrogen-bond donors (Lipinski definition) is 1. The predicted molar refractivity (Wildman–Crippen MR) is 81.0 cm³/mol. The number of nitrogens with one attached hydrogen (secondary N) is 1. The van der Waals surface area contributed by atoms with Gasteiger partial charge >= 0.3 is 0 Å². The van der Waals surface area contributed by atoms with E-state index in [4.69, 9.17) is 0 Å². The third-order valence-electron chi connectivity index (χ3n) is 3.28. The van der Waals surface area contributed by atoms with Crippen LogP contribution in [-0.4, -0.2) is 21.1 Å². The molecule has 0 aliphatic rings. The summed E-state index contributed by atoms with van der Waals surface area (Å²) in [5.41, 5.74) is 4.34. The molecule has 20 heavy (non-hydrogen) atoms. The average molecular weight is 266 g/mol. The molecule has 0 saturated carbocycles. The number of pyridine rings is 1.